The lowest BCUT2D eigenvalue weighted by Crippen LogP contribution is -2.29. The van der Waals surface area contributed by atoms with E-state index < -0.39 is 0 Å². The molecule has 2 aromatic carbocycles. The van der Waals surface area contributed by atoms with Crippen LogP contribution < -0.4 is 15.0 Å². The largest absolute Gasteiger partial charge is 0.495 e. The highest BCUT2D eigenvalue weighted by atomic mass is 35.5. The molecule has 3 heterocycles. The monoisotopic (exact) mass is 546 g/mol. The summed E-state index contributed by atoms with van der Waals surface area (Å²) in [6.07, 6.45) is 1.78. The molecule has 4 aromatic rings. The number of carbonyl (C=O) groups excluding carboxylic acids is 1. The number of esters is 1. The van der Waals surface area contributed by atoms with E-state index in [1.807, 2.05) is 68.4 Å². The van der Waals surface area contributed by atoms with Crippen LogP contribution >= 0.6 is 23.8 Å². The number of aromatic nitrogens is 2. The summed E-state index contributed by atoms with van der Waals surface area (Å²) in [5.41, 5.74) is 5.92. The van der Waals surface area contributed by atoms with Crippen molar-refractivity contribution in [3.05, 3.63) is 106 Å². The number of benzene rings is 2. The van der Waals surface area contributed by atoms with Crippen LogP contribution in [0.15, 0.2) is 72.9 Å². The molecule has 1 N–H and O–H groups in total. The fourth-order valence-corrected chi connectivity index (χ4v) is 5.76. The highest BCUT2D eigenvalue weighted by molar-refractivity contribution is 7.80. The normalized spacial score (nSPS) is 16.9. The molecule has 0 unspecified atom stereocenters. The van der Waals surface area contributed by atoms with E-state index in [-0.39, 0.29) is 18.1 Å². The Morgan fingerprint density at radius 1 is 1.05 bits per heavy atom. The third kappa shape index (κ3) is 4.40. The van der Waals surface area contributed by atoms with Crippen LogP contribution in [0.4, 0.5) is 5.69 Å². The van der Waals surface area contributed by atoms with Gasteiger partial charge in [-0.25, -0.2) is 4.79 Å². The molecule has 2 aromatic heterocycles. The predicted molar refractivity (Wildman–Crippen MR) is 153 cm³/mol. The molecule has 0 aliphatic carbocycles. The molecule has 1 fully saturated rings. The Hall–Kier alpha value is -3.88. The molecular weight excluding hydrogens is 520 g/mol. The van der Waals surface area contributed by atoms with E-state index in [0.29, 0.717) is 21.4 Å². The molecule has 0 amide bonds. The number of ether oxygens (including phenoxy) is 2. The fourth-order valence-electron chi connectivity index (χ4n) is 5.16. The molecule has 1 aliphatic rings. The molecule has 38 heavy (non-hydrogen) atoms. The van der Waals surface area contributed by atoms with Gasteiger partial charge in [0.1, 0.15) is 5.75 Å². The average Bonchev–Trinajstić information content (AvgIpc) is 3.43. The maximum Gasteiger partial charge on any atom is 0.339 e. The van der Waals surface area contributed by atoms with Crippen LogP contribution in [0.5, 0.6) is 5.75 Å². The number of carbonyl (C=O) groups is 1. The molecule has 2 atom stereocenters. The third-order valence-electron chi connectivity index (χ3n) is 6.85. The second kappa shape index (κ2) is 10.5. The number of aryl methyl sites for hydroxylation is 1. The standard InChI is InChI=1S/C29H27ClN4O3S/c1-17-15-21(18(2)33(17)24-11-6-5-9-20(24)28(35)37-4)27-26(23-10-7-8-14-31-23)32-29(38)34(27)19-12-13-25(36-3)22(30)16-19/h5-16,26-27H,1-4H3,(H,32,38)/t26-,27+/m1/s1. The van der Waals surface area contributed by atoms with Gasteiger partial charge < -0.3 is 24.3 Å². The Bertz CT molecular complexity index is 1520. The number of methoxy groups -OCH3 is 2. The number of nitrogens with zero attached hydrogens (tertiary/aromatic N) is 3. The number of thiocarbonyl (C=S) groups is 1. The van der Waals surface area contributed by atoms with E-state index in [4.69, 9.17) is 33.3 Å². The minimum atomic E-state index is -0.390. The summed E-state index contributed by atoms with van der Waals surface area (Å²) in [6.45, 7) is 4.07. The molecule has 7 nitrogen and oxygen atoms in total. The van der Waals surface area contributed by atoms with Crippen LogP contribution in [0.25, 0.3) is 5.69 Å². The van der Waals surface area contributed by atoms with Crippen molar-refractivity contribution in [1.29, 1.82) is 0 Å². The van der Waals surface area contributed by atoms with E-state index in [1.165, 1.54) is 7.11 Å². The van der Waals surface area contributed by atoms with E-state index in [1.54, 1.807) is 19.4 Å². The first-order valence-corrected chi connectivity index (χ1v) is 12.8. The lowest BCUT2D eigenvalue weighted by molar-refractivity contribution is 0.0600. The van der Waals surface area contributed by atoms with Crippen molar-refractivity contribution in [1.82, 2.24) is 14.9 Å². The Labute approximate surface area is 232 Å². The lowest BCUT2D eigenvalue weighted by Gasteiger charge is -2.28. The van der Waals surface area contributed by atoms with E-state index >= 15 is 0 Å². The van der Waals surface area contributed by atoms with Crippen LogP contribution in [-0.2, 0) is 4.74 Å². The first kappa shape index (κ1) is 25.8. The summed E-state index contributed by atoms with van der Waals surface area (Å²) in [5.74, 6) is 0.197. The molecule has 0 saturated carbocycles. The van der Waals surface area contributed by atoms with Gasteiger partial charge in [0.15, 0.2) is 5.11 Å². The second-order valence-electron chi connectivity index (χ2n) is 8.99. The van der Waals surface area contributed by atoms with Crippen molar-refractivity contribution in [3.8, 4) is 11.4 Å². The van der Waals surface area contributed by atoms with Crippen molar-refractivity contribution in [3.63, 3.8) is 0 Å². The van der Waals surface area contributed by atoms with Crippen LogP contribution in [0.2, 0.25) is 5.02 Å². The van der Waals surface area contributed by atoms with Gasteiger partial charge >= 0.3 is 5.97 Å². The zero-order valence-corrected chi connectivity index (χ0v) is 23.0. The van der Waals surface area contributed by atoms with E-state index in [0.717, 1.165) is 34.0 Å². The molecule has 194 valence electrons. The second-order valence-corrected chi connectivity index (χ2v) is 9.78. The van der Waals surface area contributed by atoms with Gasteiger partial charge in [-0.15, -0.1) is 0 Å². The molecule has 0 spiro atoms. The van der Waals surface area contributed by atoms with Crippen LogP contribution in [0.1, 0.15) is 45.1 Å². The Morgan fingerprint density at radius 3 is 2.50 bits per heavy atom. The number of nitrogens with one attached hydrogen (secondary N) is 1. The van der Waals surface area contributed by atoms with Crippen molar-refractivity contribution in [2.24, 2.45) is 0 Å². The summed E-state index contributed by atoms with van der Waals surface area (Å²) in [5, 5.41) is 4.54. The number of anilines is 1. The Balaban J connectivity index is 1.70. The topological polar surface area (TPSA) is 68.6 Å². The minimum absolute atomic E-state index is 0.227. The summed E-state index contributed by atoms with van der Waals surface area (Å²) in [6, 6.07) is 20.6. The first-order chi connectivity index (χ1) is 18.3. The van der Waals surface area contributed by atoms with Crippen molar-refractivity contribution < 1.29 is 14.3 Å². The quantitative estimate of drug-likeness (QED) is 0.231. The molecule has 5 rings (SSSR count). The SMILES string of the molecule is COC(=O)c1ccccc1-n1c(C)cc([C@H]2[C@@H](c3ccccn3)NC(=S)N2c2ccc(OC)c(Cl)c2)c1C. The van der Waals surface area contributed by atoms with Crippen LogP contribution in [-0.4, -0.2) is 34.9 Å². The average molecular weight is 547 g/mol. The van der Waals surface area contributed by atoms with Gasteiger partial charge in [-0.1, -0.05) is 29.8 Å². The molecule has 0 bridgehead atoms. The zero-order chi connectivity index (χ0) is 27.0. The summed E-state index contributed by atoms with van der Waals surface area (Å²) in [4.78, 5) is 19.3. The molecule has 0 radical (unpaired) electrons. The smallest absolute Gasteiger partial charge is 0.339 e. The molecule has 1 saturated heterocycles. The van der Waals surface area contributed by atoms with Gasteiger partial charge in [0.2, 0.25) is 0 Å². The van der Waals surface area contributed by atoms with E-state index in [9.17, 15) is 4.79 Å². The molecule has 9 heteroatoms. The van der Waals surface area contributed by atoms with Gasteiger partial charge in [-0.3, -0.25) is 4.98 Å². The maximum atomic E-state index is 12.6. The number of hydrogen-bond acceptors (Lipinski definition) is 5. The highest BCUT2D eigenvalue weighted by Crippen LogP contribution is 2.45. The van der Waals surface area contributed by atoms with Crippen molar-refractivity contribution in [2.45, 2.75) is 25.9 Å². The van der Waals surface area contributed by atoms with E-state index in [2.05, 4.69) is 25.8 Å². The number of rotatable bonds is 6. The van der Waals surface area contributed by atoms with Gasteiger partial charge in [-0.2, -0.15) is 0 Å². The van der Waals surface area contributed by atoms with Crippen molar-refractivity contribution in [2.75, 3.05) is 19.1 Å². The lowest BCUT2D eigenvalue weighted by atomic mass is 9.96. The summed E-state index contributed by atoms with van der Waals surface area (Å²) in [7, 11) is 2.98. The minimum Gasteiger partial charge on any atom is -0.495 e. The third-order valence-corrected chi connectivity index (χ3v) is 7.46. The van der Waals surface area contributed by atoms with Crippen LogP contribution in [0.3, 0.4) is 0 Å². The van der Waals surface area contributed by atoms with Gasteiger partial charge in [-0.05, 0) is 80.2 Å². The Morgan fingerprint density at radius 2 is 1.82 bits per heavy atom. The van der Waals surface area contributed by atoms with Gasteiger partial charge in [0.25, 0.3) is 0 Å². The fraction of sp³-hybridized carbons (Fsp3) is 0.207. The molecular formula is C29H27ClN4O3S. The number of halogens is 1. The predicted octanol–water partition coefficient (Wildman–Crippen LogP) is 6.11. The van der Waals surface area contributed by atoms with Crippen molar-refractivity contribution >= 4 is 40.6 Å². The first-order valence-electron chi connectivity index (χ1n) is 12.1. The Kier molecular flexibility index (Phi) is 7.10. The van der Waals surface area contributed by atoms with Gasteiger partial charge in [0.05, 0.1) is 48.3 Å². The maximum absolute atomic E-state index is 12.6. The number of hydrogen-bond donors (Lipinski definition) is 1. The zero-order valence-electron chi connectivity index (χ0n) is 21.4. The highest BCUT2D eigenvalue weighted by Gasteiger charge is 2.42. The number of para-hydroxylation sites is 1. The number of pyridine rings is 1. The summed E-state index contributed by atoms with van der Waals surface area (Å²) >= 11 is 12.4. The van der Waals surface area contributed by atoms with Gasteiger partial charge in [0, 0.05) is 23.3 Å². The van der Waals surface area contributed by atoms with Crippen LogP contribution in [0, 0.1) is 13.8 Å². The summed E-state index contributed by atoms with van der Waals surface area (Å²) < 4.78 is 12.5. The molecule has 1 aliphatic heterocycles.